The van der Waals surface area contributed by atoms with Gasteiger partial charge in [0.25, 0.3) is 0 Å². The van der Waals surface area contributed by atoms with Gasteiger partial charge in [-0.1, -0.05) is 0 Å². The molecule has 0 fully saturated rings. The highest BCUT2D eigenvalue weighted by atomic mass is 35.5. The zero-order chi connectivity index (χ0) is 14.5. The molecule has 0 saturated heterocycles. The maximum Gasteiger partial charge on any atom is 0.226 e. The van der Waals surface area contributed by atoms with Gasteiger partial charge in [-0.3, -0.25) is 4.79 Å². The first kappa shape index (κ1) is 17.6. The number of carbonyl (C=O) groups is 1. The highest BCUT2D eigenvalue weighted by Gasteiger charge is 2.11. The maximum atomic E-state index is 12.9. The number of halogens is 2. The van der Waals surface area contributed by atoms with Gasteiger partial charge >= 0.3 is 0 Å². The summed E-state index contributed by atoms with van der Waals surface area (Å²) < 4.78 is 12.9. The molecule has 4 nitrogen and oxygen atoms in total. The highest BCUT2D eigenvalue weighted by Crippen LogP contribution is 2.30. The summed E-state index contributed by atoms with van der Waals surface area (Å²) in [5.74, 6) is -0.369. The molecule has 3 N–H and O–H groups in total. The molecule has 1 heterocycles. The molecule has 0 aliphatic rings. The topological polar surface area (TPSA) is 68.0 Å². The summed E-state index contributed by atoms with van der Waals surface area (Å²) >= 11 is 1.41. The number of rotatable bonds is 5. The summed E-state index contributed by atoms with van der Waals surface area (Å²) in [5.41, 5.74) is 6.97. The van der Waals surface area contributed by atoms with Crippen molar-refractivity contribution in [2.45, 2.75) is 19.8 Å². The van der Waals surface area contributed by atoms with Crippen LogP contribution in [0.2, 0.25) is 0 Å². The second-order valence-corrected chi connectivity index (χ2v) is 5.57. The van der Waals surface area contributed by atoms with Crippen molar-refractivity contribution < 1.29 is 9.18 Å². The van der Waals surface area contributed by atoms with Gasteiger partial charge in [0.05, 0.1) is 5.69 Å². The average molecular weight is 330 g/mol. The molecular formula is C14H17ClFN3OS. The first-order valence-electron chi connectivity index (χ1n) is 6.33. The molecule has 1 aromatic heterocycles. The van der Waals surface area contributed by atoms with Crippen molar-refractivity contribution in [1.82, 2.24) is 4.98 Å². The van der Waals surface area contributed by atoms with Crippen LogP contribution >= 0.6 is 23.7 Å². The number of hydrogen-bond donors (Lipinski definition) is 2. The standard InChI is InChI=1S/C14H16FN3OS.ClH/c1-9-13(10-4-6-11(15)7-5-10)18-14(20-9)17-12(19)3-2-8-16;/h4-7H,2-3,8,16H2,1H3,(H,17,18,19);1H. The quantitative estimate of drug-likeness (QED) is 0.883. The van der Waals surface area contributed by atoms with E-state index in [2.05, 4.69) is 10.3 Å². The molecule has 2 rings (SSSR count). The van der Waals surface area contributed by atoms with Crippen molar-refractivity contribution in [1.29, 1.82) is 0 Å². The Morgan fingerprint density at radius 3 is 2.67 bits per heavy atom. The van der Waals surface area contributed by atoms with E-state index in [1.165, 1.54) is 23.5 Å². The zero-order valence-electron chi connectivity index (χ0n) is 11.6. The SMILES string of the molecule is Cc1sc(NC(=O)CCCN)nc1-c1ccc(F)cc1.Cl. The molecule has 0 saturated carbocycles. The van der Waals surface area contributed by atoms with Crippen LogP contribution in [0.3, 0.4) is 0 Å². The smallest absolute Gasteiger partial charge is 0.226 e. The van der Waals surface area contributed by atoms with Crippen LogP contribution in [0.1, 0.15) is 17.7 Å². The van der Waals surface area contributed by atoms with E-state index in [9.17, 15) is 9.18 Å². The molecule has 0 atom stereocenters. The van der Waals surface area contributed by atoms with Crippen molar-refractivity contribution in [3.8, 4) is 11.3 Å². The molecule has 0 aliphatic carbocycles. The molecular weight excluding hydrogens is 313 g/mol. The molecule has 7 heteroatoms. The van der Waals surface area contributed by atoms with Crippen molar-refractivity contribution in [3.63, 3.8) is 0 Å². The van der Waals surface area contributed by atoms with Crippen LogP contribution in [-0.4, -0.2) is 17.4 Å². The fraction of sp³-hybridized carbons (Fsp3) is 0.286. The number of nitrogens with one attached hydrogen (secondary N) is 1. The Balaban J connectivity index is 0.00000220. The van der Waals surface area contributed by atoms with Gasteiger partial charge in [0.1, 0.15) is 5.82 Å². The molecule has 0 spiro atoms. The summed E-state index contributed by atoms with van der Waals surface area (Å²) in [6.45, 7) is 2.41. The minimum Gasteiger partial charge on any atom is -0.330 e. The van der Waals surface area contributed by atoms with Gasteiger partial charge in [0.15, 0.2) is 5.13 Å². The van der Waals surface area contributed by atoms with Gasteiger partial charge in [0.2, 0.25) is 5.91 Å². The third-order valence-corrected chi connectivity index (χ3v) is 3.65. The highest BCUT2D eigenvalue weighted by molar-refractivity contribution is 7.16. The summed E-state index contributed by atoms with van der Waals surface area (Å²) in [5, 5.41) is 3.32. The van der Waals surface area contributed by atoms with E-state index < -0.39 is 0 Å². The normalized spacial score (nSPS) is 10.0. The summed E-state index contributed by atoms with van der Waals surface area (Å²) in [6, 6.07) is 6.15. The number of aryl methyl sites for hydroxylation is 1. The van der Waals surface area contributed by atoms with E-state index in [4.69, 9.17) is 5.73 Å². The Kier molecular flexibility index (Phi) is 6.74. The number of thiazole rings is 1. The van der Waals surface area contributed by atoms with Gasteiger partial charge < -0.3 is 11.1 Å². The summed E-state index contributed by atoms with van der Waals surface area (Å²) in [6.07, 6.45) is 1.04. The van der Waals surface area contributed by atoms with Crippen LogP contribution in [0.4, 0.5) is 9.52 Å². The van der Waals surface area contributed by atoms with Crippen LogP contribution in [0.25, 0.3) is 11.3 Å². The summed E-state index contributed by atoms with van der Waals surface area (Å²) in [7, 11) is 0. The van der Waals surface area contributed by atoms with E-state index in [0.29, 0.717) is 24.5 Å². The first-order valence-corrected chi connectivity index (χ1v) is 7.15. The summed E-state index contributed by atoms with van der Waals surface area (Å²) in [4.78, 5) is 17.0. The number of benzene rings is 1. The Morgan fingerprint density at radius 1 is 1.38 bits per heavy atom. The Labute approximate surface area is 133 Å². The van der Waals surface area contributed by atoms with Gasteiger partial charge in [-0.2, -0.15) is 0 Å². The van der Waals surface area contributed by atoms with Crippen molar-refractivity contribution in [2.24, 2.45) is 5.73 Å². The number of aromatic nitrogens is 1. The number of carbonyl (C=O) groups excluding carboxylic acids is 1. The monoisotopic (exact) mass is 329 g/mol. The lowest BCUT2D eigenvalue weighted by Crippen LogP contribution is -2.13. The van der Waals surface area contributed by atoms with Crippen LogP contribution in [0.5, 0.6) is 0 Å². The number of amides is 1. The van der Waals surface area contributed by atoms with Crippen LogP contribution in [-0.2, 0) is 4.79 Å². The predicted molar refractivity (Wildman–Crippen MR) is 86.4 cm³/mol. The van der Waals surface area contributed by atoms with E-state index in [1.54, 1.807) is 12.1 Å². The molecule has 2 aromatic rings. The molecule has 0 aliphatic heterocycles. The molecule has 1 amide bonds. The number of hydrogen-bond acceptors (Lipinski definition) is 4. The van der Waals surface area contributed by atoms with Gasteiger partial charge in [0, 0.05) is 16.9 Å². The Bertz CT molecular complexity index is 601. The second kappa shape index (κ2) is 8.07. The molecule has 114 valence electrons. The Morgan fingerprint density at radius 2 is 2.05 bits per heavy atom. The second-order valence-electron chi connectivity index (χ2n) is 4.37. The van der Waals surface area contributed by atoms with E-state index in [-0.39, 0.29) is 24.1 Å². The third kappa shape index (κ3) is 4.77. The van der Waals surface area contributed by atoms with E-state index in [0.717, 1.165) is 16.1 Å². The lowest BCUT2D eigenvalue weighted by molar-refractivity contribution is -0.116. The molecule has 0 bridgehead atoms. The molecule has 0 radical (unpaired) electrons. The van der Waals surface area contributed by atoms with Crippen molar-refractivity contribution in [2.75, 3.05) is 11.9 Å². The fourth-order valence-corrected chi connectivity index (χ4v) is 2.62. The van der Waals surface area contributed by atoms with Gasteiger partial charge in [-0.25, -0.2) is 9.37 Å². The number of nitrogens with two attached hydrogens (primary N) is 1. The minimum absolute atomic E-state index is 0. The lowest BCUT2D eigenvalue weighted by Gasteiger charge is -2.00. The minimum atomic E-state index is -0.281. The predicted octanol–water partition coefficient (Wildman–Crippen LogP) is 3.36. The van der Waals surface area contributed by atoms with Crippen molar-refractivity contribution >= 4 is 34.8 Å². The van der Waals surface area contributed by atoms with Crippen LogP contribution < -0.4 is 11.1 Å². The molecule has 1 aromatic carbocycles. The first-order chi connectivity index (χ1) is 9.60. The van der Waals surface area contributed by atoms with E-state index >= 15 is 0 Å². The van der Waals surface area contributed by atoms with Crippen LogP contribution in [0, 0.1) is 12.7 Å². The largest absolute Gasteiger partial charge is 0.330 e. The van der Waals surface area contributed by atoms with Crippen LogP contribution in [0.15, 0.2) is 24.3 Å². The Hall–Kier alpha value is -1.50. The number of anilines is 1. The average Bonchev–Trinajstić information content (AvgIpc) is 2.78. The molecule has 21 heavy (non-hydrogen) atoms. The maximum absolute atomic E-state index is 12.9. The lowest BCUT2D eigenvalue weighted by atomic mass is 10.1. The third-order valence-electron chi connectivity index (χ3n) is 2.77. The van der Waals surface area contributed by atoms with Crippen molar-refractivity contribution in [3.05, 3.63) is 35.0 Å². The van der Waals surface area contributed by atoms with Gasteiger partial charge in [-0.15, -0.1) is 23.7 Å². The zero-order valence-corrected chi connectivity index (χ0v) is 13.2. The van der Waals surface area contributed by atoms with Gasteiger partial charge in [-0.05, 0) is 44.2 Å². The fourth-order valence-electron chi connectivity index (χ4n) is 1.77. The molecule has 0 unspecified atom stereocenters. The number of nitrogens with zero attached hydrogens (tertiary/aromatic N) is 1. The van der Waals surface area contributed by atoms with E-state index in [1.807, 2.05) is 6.92 Å².